The monoisotopic (exact) mass is 480 g/mol. The van der Waals surface area contributed by atoms with Gasteiger partial charge < -0.3 is 19.7 Å². The standard InChI is InChI=1S/C28H36N2O5/c1-18(2)22-9-13-24(14-10-22)29-27(32)21(5)35-28(33)23-11-15-25(16-12-23)34-17-26(31)30-19(3)7-6-8-20(30)4/h9-16,18-21H,6-8,17H2,1-5H3,(H,29,32). The van der Waals surface area contributed by atoms with Crippen LogP contribution in [-0.2, 0) is 14.3 Å². The molecule has 0 saturated carbocycles. The average molecular weight is 481 g/mol. The molecule has 1 N–H and O–H groups in total. The second-order valence-electron chi connectivity index (χ2n) is 9.56. The SMILES string of the molecule is CC(OC(=O)c1ccc(OCC(=O)N2C(C)CCCC2C)cc1)C(=O)Nc1ccc(C(C)C)cc1. The van der Waals surface area contributed by atoms with Crippen molar-refractivity contribution >= 4 is 23.5 Å². The number of benzene rings is 2. The number of amides is 2. The van der Waals surface area contributed by atoms with Crippen LogP contribution in [0.15, 0.2) is 48.5 Å². The van der Waals surface area contributed by atoms with Crippen molar-refractivity contribution in [1.29, 1.82) is 0 Å². The Morgan fingerprint density at radius 2 is 1.54 bits per heavy atom. The highest BCUT2D eigenvalue weighted by Gasteiger charge is 2.29. The van der Waals surface area contributed by atoms with Gasteiger partial charge in [-0.3, -0.25) is 9.59 Å². The molecule has 1 aliphatic rings. The zero-order chi connectivity index (χ0) is 25.5. The summed E-state index contributed by atoms with van der Waals surface area (Å²) in [6.07, 6.45) is 2.19. The minimum absolute atomic E-state index is 0.0353. The third-order valence-electron chi connectivity index (χ3n) is 6.43. The first kappa shape index (κ1) is 26.3. The van der Waals surface area contributed by atoms with Gasteiger partial charge in [0.25, 0.3) is 11.8 Å². The molecule has 0 aliphatic carbocycles. The lowest BCUT2D eigenvalue weighted by atomic mass is 9.97. The van der Waals surface area contributed by atoms with Crippen LogP contribution in [0, 0.1) is 0 Å². The van der Waals surface area contributed by atoms with E-state index in [2.05, 4.69) is 33.0 Å². The van der Waals surface area contributed by atoms with Crippen LogP contribution in [0.1, 0.15) is 75.7 Å². The Morgan fingerprint density at radius 3 is 2.11 bits per heavy atom. The largest absolute Gasteiger partial charge is 0.484 e. The van der Waals surface area contributed by atoms with Gasteiger partial charge in [0.15, 0.2) is 12.7 Å². The Hall–Kier alpha value is -3.35. The molecule has 3 unspecified atom stereocenters. The van der Waals surface area contributed by atoms with Crippen LogP contribution in [0.3, 0.4) is 0 Å². The number of anilines is 1. The lowest BCUT2D eigenvalue weighted by molar-refractivity contribution is -0.139. The van der Waals surface area contributed by atoms with Gasteiger partial charge in [-0.25, -0.2) is 4.79 Å². The zero-order valence-corrected chi connectivity index (χ0v) is 21.2. The van der Waals surface area contributed by atoms with Crippen LogP contribution >= 0.6 is 0 Å². The van der Waals surface area contributed by atoms with E-state index in [0.29, 0.717) is 22.9 Å². The number of nitrogens with zero attached hydrogens (tertiary/aromatic N) is 1. The second-order valence-corrected chi connectivity index (χ2v) is 9.56. The van der Waals surface area contributed by atoms with Crippen molar-refractivity contribution in [3.8, 4) is 5.75 Å². The number of hydrogen-bond acceptors (Lipinski definition) is 5. The number of carbonyl (C=O) groups excluding carboxylic acids is 3. The van der Waals surface area contributed by atoms with Crippen molar-refractivity contribution in [2.45, 2.75) is 78.0 Å². The molecular weight excluding hydrogens is 444 g/mol. The first-order valence-corrected chi connectivity index (χ1v) is 12.3. The van der Waals surface area contributed by atoms with Crippen LogP contribution in [0.2, 0.25) is 0 Å². The summed E-state index contributed by atoms with van der Waals surface area (Å²) in [6.45, 7) is 9.82. The summed E-state index contributed by atoms with van der Waals surface area (Å²) in [5.74, 6) is -0.162. The number of hydrogen-bond donors (Lipinski definition) is 1. The number of likely N-dealkylation sites (tertiary alicyclic amines) is 1. The summed E-state index contributed by atoms with van der Waals surface area (Å²) in [4.78, 5) is 39.4. The molecule has 1 heterocycles. The summed E-state index contributed by atoms with van der Waals surface area (Å²) in [5, 5.41) is 2.76. The normalized spacial score (nSPS) is 18.6. The van der Waals surface area contributed by atoms with E-state index in [4.69, 9.17) is 9.47 Å². The number of nitrogens with one attached hydrogen (secondary N) is 1. The molecule has 0 radical (unpaired) electrons. The van der Waals surface area contributed by atoms with Gasteiger partial charge >= 0.3 is 5.97 Å². The summed E-state index contributed by atoms with van der Waals surface area (Å²) < 4.78 is 11.0. The Bertz CT molecular complexity index is 1010. The minimum atomic E-state index is -0.964. The summed E-state index contributed by atoms with van der Waals surface area (Å²) in [5.41, 5.74) is 2.12. The minimum Gasteiger partial charge on any atom is -0.484 e. The van der Waals surface area contributed by atoms with Crippen molar-refractivity contribution in [3.63, 3.8) is 0 Å². The van der Waals surface area contributed by atoms with E-state index in [1.807, 2.05) is 29.2 Å². The van der Waals surface area contributed by atoms with Gasteiger partial charge in [-0.2, -0.15) is 0 Å². The molecule has 2 aromatic rings. The fraction of sp³-hybridized carbons (Fsp3) is 0.464. The molecule has 3 rings (SSSR count). The van der Waals surface area contributed by atoms with Crippen LogP contribution < -0.4 is 10.1 Å². The molecule has 1 fully saturated rings. The van der Waals surface area contributed by atoms with Gasteiger partial charge in [-0.15, -0.1) is 0 Å². The first-order valence-electron chi connectivity index (χ1n) is 12.3. The fourth-order valence-corrected chi connectivity index (χ4v) is 4.30. The van der Waals surface area contributed by atoms with E-state index in [9.17, 15) is 14.4 Å². The second kappa shape index (κ2) is 11.9. The Kier molecular flexibility index (Phi) is 8.90. The van der Waals surface area contributed by atoms with Gasteiger partial charge in [0.1, 0.15) is 5.75 Å². The van der Waals surface area contributed by atoms with Gasteiger partial charge in [0.05, 0.1) is 5.56 Å². The number of ether oxygens (including phenoxy) is 2. The smallest absolute Gasteiger partial charge is 0.338 e. The molecule has 1 aliphatic heterocycles. The Labute approximate surface area is 207 Å². The molecule has 7 heteroatoms. The zero-order valence-electron chi connectivity index (χ0n) is 21.2. The molecular formula is C28H36N2O5. The summed E-state index contributed by atoms with van der Waals surface area (Å²) >= 11 is 0. The number of piperidine rings is 1. The molecule has 7 nitrogen and oxygen atoms in total. The van der Waals surface area contributed by atoms with Crippen molar-refractivity contribution in [1.82, 2.24) is 4.90 Å². The fourth-order valence-electron chi connectivity index (χ4n) is 4.30. The lowest BCUT2D eigenvalue weighted by Crippen LogP contribution is -2.49. The molecule has 188 valence electrons. The highest BCUT2D eigenvalue weighted by molar-refractivity contribution is 5.97. The molecule has 0 spiro atoms. The van der Waals surface area contributed by atoms with E-state index >= 15 is 0 Å². The molecule has 35 heavy (non-hydrogen) atoms. The van der Waals surface area contributed by atoms with Crippen LogP contribution in [0.25, 0.3) is 0 Å². The number of rotatable bonds is 8. The number of carbonyl (C=O) groups is 3. The third-order valence-corrected chi connectivity index (χ3v) is 6.43. The summed E-state index contributed by atoms with van der Waals surface area (Å²) in [7, 11) is 0. The van der Waals surface area contributed by atoms with Crippen LogP contribution in [0.5, 0.6) is 5.75 Å². The van der Waals surface area contributed by atoms with E-state index in [0.717, 1.165) is 19.3 Å². The Balaban J connectivity index is 1.49. The van der Waals surface area contributed by atoms with E-state index in [-0.39, 0.29) is 24.6 Å². The average Bonchev–Trinajstić information content (AvgIpc) is 2.83. The number of esters is 1. The van der Waals surface area contributed by atoms with Crippen molar-refractivity contribution in [2.75, 3.05) is 11.9 Å². The van der Waals surface area contributed by atoms with Gasteiger partial charge in [-0.05, 0) is 87.9 Å². The Morgan fingerprint density at radius 1 is 0.943 bits per heavy atom. The van der Waals surface area contributed by atoms with E-state index < -0.39 is 18.0 Å². The highest BCUT2D eigenvalue weighted by atomic mass is 16.5. The van der Waals surface area contributed by atoms with E-state index in [1.165, 1.54) is 12.5 Å². The molecule has 2 aromatic carbocycles. The predicted octanol–water partition coefficient (Wildman–Crippen LogP) is 5.16. The predicted molar refractivity (Wildman–Crippen MR) is 136 cm³/mol. The van der Waals surface area contributed by atoms with Crippen molar-refractivity contribution in [2.24, 2.45) is 0 Å². The molecule has 2 amide bonds. The van der Waals surface area contributed by atoms with Crippen molar-refractivity contribution in [3.05, 3.63) is 59.7 Å². The van der Waals surface area contributed by atoms with Crippen molar-refractivity contribution < 1.29 is 23.9 Å². The lowest BCUT2D eigenvalue weighted by Gasteiger charge is -2.38. The quantitative estimate of drug-likeness (QED) is 0.528. The van der Waals surface area contributed by atoms with Gasteiger partial charge in [0, 0.05) is 17.8 Å². The summed E-state index contributed by atoms with van der Waals surface area (Å²) in [6, 6.07) is 14.4. The van der Waals surface area contributed by atoms with Crippen LogP contribution in [-0.4, -0.2) is 47.5 Å². The maximum atomic E-state index is 12.6. The van der Waals surface area contributed by atoms with Gasteiger partial charge in [0.2, 0.25) is 0 Å². The third kappa shape index (κ3) is 7.07. The highest BCUT2D eigenvalue weighted by Crippen LogP contribution is 2.23. The van der Waals surface area contributed by atoms with E-state index in [1.54, 1.807) is 24.3 Å². The van der Waals surface area contributed by atoms with Gasteiger partial charge in [-0.1, -0.05) is 26.0 Å². The first-order chi connectivity index (χ1) is 16.7. The van der Waals surface area contributed by atoms with Crippen LogP contribution in [0.4, 0.5) is 5.69 Å². The maximum absolute atomic E-state index is 12.6. The topological polar surface area (TPSA) is 84.9 Å². The molecule has 0 aromatic heterocycles. The maximum Gasteiger partial charge on any atom is 0.338 e. The molecule has 0 bridgehead atoms. The molecule has 1 saturated heterocycles. The molecule has 3 atom stereocenters.